The van der Waals surface area contributed by atoms with Crippen molar-refractivity contribution in [1.82, 2.24) is 9.88 Å². The van der Waals surface area contributed by atoms with Crippen molar-refractivity contribution < 1.29 is 9.90 Å². The topological polar surface area (TPSA) is 53.4 Å². The summed E-state index contributed by atoms with van der Waals surface area (Å²) in [5, 5.41) is 9.69. The van der Waals surface area contributed by atoms with Crippen molar-refractivity contribution >= 4 is 21.9 Å². The minimum Gasteiger partial charge on any atom is -0.480 e. The van der Waals surface area contributed by atoms with E-state index in [-0.39, 0.29) is 0 Å². The molecule has 5 heteroatoms. The number of likely N-dealkylation sites (tertiary alicyclic amines) is 1. The number of hydrogen-bond acceptors (Lipinski definition) is 3. The molecular weight excluding hydrogens is 344 g/mol. The van der Waals surface area contributed by atoms with Gasteiger partial charge in [0.15, 0.2) is 0 Å². The van der Waals surface area contributed by atoms with Crippen LogP contribution in [0.3, 0.4) is 0 Å². The molecule has 1 saturated heterocycles. The fourth-order valence-corrected chi connectivity index (χ4v) is 3.60. The molecule has 0 spiro atoms. The van der Waals surface area contributed by atoms with Crippen LogP contribution in [0.15, 0.2) is 53.3 Å². The molecule has 114 valence electrons. The van der Waals surface area contributed by atoms with E-state index in [9.17, 15) is 9.90 Å². The highest BCUT2D eigenvalue weighted by molar-refractivity contribution is 9.10. The fourth-order valence-electron chi connectivity index (χ4n) is 3.09. The van der Waals surface area contributed by atoms with Crippen LogP contribution < -0.4 is 0 Å². The second kappa shape index (κ2) is 6.58. The van der Waals surface area contributed by atoms with Gasteiger partial charge in [-0.25, -0.2) is 0 Å². The summed E-state index contributed by atoms with van der Waals surface area (Å²) in [6, 6.07) is 10.9. The maximum Gasteiger partial charge on any atom is 0.325 e. The summed E-state index contributed by atoms with van der Waals surface area (Å²) in [5.41, 5.74) is 1.99. The lowest BCUT2D eigenvalue weighted by molar-refractivity contribution is -0.143. The van der Waals surface area contributed by atoms with Gasteiger partial charge >= 0.3 is 5.97 Å². The Morgan fingerprint density at radius 1 is 1.32 bits per heavy atom. The van der Waals surface area contributed by atoms with E-state index in [0.717, 1.165) is 29.5 Å². The summed E-state index contributed by atoms with van der Waals surface area (Å²) in [6.45, 7) is 1.52. The summed E-state index contributed by atoms with van der Waals surface area (Å²) in [5.74, 6) is -0.461. The molecule has 2 heterocycles. The standard InChI is InChI=1S/C17H17BrN2O2/c18-15-6-2-1-5-14(15)16(17(21)22)20-9-7-13(11-20)12-4-3-8-19-10-12/h1-6,8,10,13,16H,7,9,11H2,(H,21,22). The Morgan fingerprint density at radius 3 is 2.82 bits per heavy atom. The SMILES string of the molecule is O=C(O)C(c1ccccc1Br)N1CCC(c2cccnc2)C1. The lowest BCUT2D eigenvalue weighted by atomic mass is 10.0. The first-order valence-electron chi connectivity index (χ1n) is 7.28. The molecule has 4 nitrogen and oxygen atoms in total. The van der Waals surface area contributed by atoms with Gasteiger partial charge in [-0.2, -0.15) is 0 Å². The van der Waals surface area contributed by atoms with Crippen LogP contribution in [0.5, 0.6) is 0 Å². The van der Waals surface area contributed by atoms with Gasteiger partial charge in [-0.15, -0.1) is 0 Å². The van der Waals surface area contributed by atoms with Gasteiger partial charge in [-0.3, -0.25) is 14.7 Å². The highest BCUT2D eigenvalue weighted by Gasteiger charge is 2.34. The largest absolute Gasteiger partial charge is 0.480 e. The van der Waals surface area contributed by atoms with E-state index in [0.29, 0.717) is 5.92 Å². The molecule has 2 aromatic rings. The molecule has 1 aromatic carbocycles. The maximum atomic E-state index is 11.8. The normalized spacial score (nSPS) is 20.0. The molecule has 1 aliphatic heterocycles. The zero-order chi connectivity index (χ0) is 15.5. The Balaban J connectivity index is 1.83. The zero-order valence-corrected chi connectivity index (χ0v) is 13.6. The van der Waals surface area contributed by atoms with Crippen LogP contribution in [-0.2, 0) is 4.79 Å². The highest BCUT2D eigenvalue weighted by Crippen LogP contribution is 2.35. The predicted molar refractivity (Wildman–Crippen MR) is 87.7 cm³/mol. The quantitative estimate of drug-likeness (QED) is 0.906. The Kier molecular flexibility index (Phi) is 4.55. The number of carbonyl (C=O) groups is 1. The molecule has 0 bridgehead atoms. The van der Waals surface area contributed by atoms with Gasteiger partial charge < -0.3 is 5.11 Å². The number of nitrogens with zero attached hydrogens (tertiary/aromatic N) is 2. The minimum absolute atomic E-state index is 0.345. The number of halogens is 1. The van der Waals surface area contributed by atoms with Gasteiger partial charge in [0.25, 0.3) is 0 Å². The van der Waals surface area contributed by atoms with Crippen LogP contribution in [0.4, 0.5) is 0 Å². The summed E-state index contributed by atoms with van der Waals surface area (Å²) >= 11 is 3.47. The van der Waals surface area contributed by atoms with Crippen LogP contribution in [0.25, 0.3) is 0 Å². The Labute approximate surface area is 137 Å². The molecule has 2 atom stereocenters. The van der Waals surface area contributed by atoms with Crippen molar-refractivity contribution in [3.63, 3.8) is 0 Å². The Hall–Kier alpha value is -1.72. The van der Waals surface area contributed by atoms with E-state index in [4.69, 9.17) is 0 Å². The molecule has 1 N–H and O–H groups in total. The molecule has 3 rings (SSSR count). The lowest BCUT2D eigenvalue weighted by Crippen LogP contribution is -2.32. The fraction of sp³-hybridized carbons (Fsp3) is 0.294. The Bertz CT molecular complexity index is 663. The molecule has 2 unspecified atom stereocenters. The maximum absolute atomic E-state index is 11.8. The number of pyridine rings is 1. The molecule has 0 aliphatic carbocycles. The van der Waals surface area contributed by atoms with Gasteiger partial charge in [0, 0.05) is 23.4 Å². The summed E-state index contributed by atoms with van der Waals surface area (Å²) in [4.78, 5) is 18.0. The number of aromatic nitrogens is 1. The summed E-state index contributed by atoms with van der Waals surface area (Å²) in [7, 11) is 0. The predicted octanol–water partition coefficient (Wildman–Crippen LogP) is 3.46. The van der Waals surface area contributed by atoms with Crippen LogP contribution >= 0.6 is 15.9 Å². The van der Waals surface area contributed by atoms with E-state index >= 15 is 0 Å². The highest BCUT2D eigenvalue weighted by atomic mass is 79.9. The van der Waals surface area contributed by atoms with Gasteiger partial charge in [-0.1, -0.05) is 40.2 Å². The summed E-state index contributed by atoms with van der Waals surface area (Å²) in [6.07, 6.45) is 4.60. The van der Waals surface area contributed by atoms with Gasteiger partial charge in [0.2, 0.25) is 0 Å². The molecule has 1 aromatic heterocycles. The molecule has 0 saturated carbocycles. The number of rotatable bonds is 4. The first-order valence-corrected chi connectivity index (χ1v) is 8.07. The van der Waals surface area contributed by atoms with E-state index in [1.807, 2.05) is 41.4 Å². The van der Waals surface area contributed by atoms with Gasteiger partial charge in [0.05, 0.1) is 0 Å². The smallest absolute Gasteiger partial charge is 0.325 e. The molecular formula is C17H17BrN2O2. The molecule has 22 heavy (non-hydrogen) atoms. The van der Waals surface area contributed by atoms with E-state index < -0.39 is 12.0 Å². The van der Waals surface area contributed by atoms with Crippen molar-refractivity contribution in [2.75, 3.05) is 13.1 Å². The molecule has 1 aliphatic rings. The Morgan fingerprint density at radius 2 is 2.14 bits per heavy atom. The number of aliphatic carboxylic acids is 1. The van der Waals surface area contributed by atoms with Crippen molar-refractivity contribution in [2.24, 2.45) is 0 Å². The first-order chi connectivity index (χ1) is 10.7. The second-order valence-electron chi connectivity index (χ2n) is 5.53. The van der Waals surface area contributed by atoms with Gasteiger partial charge in [0.1, 0.15) is 6.04 Å². The van der Waals surface area contributed by atoms with Crippen molar-refractivity contribution in [2.45, 2.75) is 18.4 Å². The molecule has 0 amide bonds. The van der Waals surface area contributed by atoms with Crippen LogP contribution in [0, 0.1) is 0 Å². The molecule has 1 fully saturated rings. The van der Waals surface area contributed by atoms with E-state index in [1.54, 1.807) is 6.20 Å². The summed E-state index contributed by atoms with van der Waals surface area (Å²) < 4.78 is 0.840. The van der Waals surface area contributed by atoms with E-state index in [2.05, 4.69) is 27.0 Å². The number of benzene rings is 1. The monoisotopic (exact) mass is 360 g/mol. The van der Waals surface area contributed by atoms with Gasteiger partial charge in [-0.05, 0) is 42.1 Å². The number of carboxylic acids is 1. The first kappa shape index (κ1) is 15.2. The van der Waals surface area contributed by atoms with Crippen molar-refractivity contribution in [1.29, 1.82) is 0 Å². The second-order valence-corrected chi connectivity index (χ2v) is 6.38. The third-order valence-corrected chi connectivity index (χ3v) is 4.90. The minimum atomic E-state index is -0.807. The lowest BCUT2D eigenvalue weighted by Gasteiger charge is -2.25. The van der Waals surface area contributed by atoms with Crippen LogP contribution in [0.1, 0.15) is 29.5 Å². The molecule has 0 radical (unpaired) electrons. The average molecular weight is 361 g/mol. The average Bonchev–Trinajstić information content (AvgIpc) is 2.99. The van der Waals surface area contributed by atoms with Crippen LogP contribution in [-0.4, -0.2) is 34.0 Å². The third kappa shape index (κ3) is 3.05. The number of carboxylic acid groups (broad SMARTS) is 1. The van der Waals surface area contributed by atoms with Crippen molar-refractivity contribution in [3.8, 4) is 0 Å². The van der Waals surface area contributed by atoms with Crippen molar-refractivity contribution in [3.05, 3.63) is 64.4 Å². The van der Waals surface area contributed by atoms with Crippen LogP contribution in [0.2, 0.25) is 0 Å². The van der Waals surface area contributed by atoms with E-state index in [1.165, 1.54) is 5.56 Å². The zero-order valence-electron chi connectivity index (χ0n) is 12.0. The third-order valence-electron chi connectivity index (χ3n) is 4.17. The number of hydrogen-bond donors (Lipinski definition) is 1.